The maximum atomic E-state index is 13.9. The minimum absolute atomic E-state index is 0.0970. The average Bonchev–Trinajstić information content (AvgIpc) is 2.72. The van der Waals surface area contributed by atoms with E-state index in [2.05, 4.69) is 15.4 Å². The summed E-state index contributed by atoms with van der Waals surface area (Å²) in [6.07, 6.45) is 4.88. The van der Waals surface area contributed by atoms with Gasteiger partial charge in [-0.3, -0.25) is 0 Å². The third-order valence-electron chi connectivity index (χ3n) is 3.91. The maximum absolute atomic E-state index is 13.9. The number of phenols is 1. The fourth-order valence-corrected chi connectivity index (χ4v) is 4.53. The number of allylic oxidation sites excluding steroid dienone is 2. The van der Waals surface area contributed by atoms with Crippen LogP contribution in [0.5, 0.6) is 23.0 Å². The number of nitrogens with zero attached hydrogens (tertiary/aromatic N) is 2. The number of ether oxygens (including phenoxy) is 2. The van der Waals surface area contributed by atoms with E-state index in [-0.39, 0.29) is 40.8 Å². The Morgan fingerprint density at radius 1 is 1.10 bits per heavy atom. The summed E-state index contributed by atoms with van der Waals surface area (Å²) in [6.45, 7) is 7.72. The fraction of sp³-hybridized carbons (Fsp3) is 0.400. The van der Waals surface area contributed by atoms with Gasteiger partial charge in [-0.25, -0.2) is 20.0 Å². The molecule has 30 heavy (non-hydrogen) atoms. The Hall–Kier alpha value is -2.77. The first-order chi connectivity index (χ1) is 14.2. The number of hydrogen-bond acceptors (Lipinski definition) is 9. The topological polar surface area (TPSA) is 112 Å². The van der Waals surface area contributed by atoms with E-state index in [0.29, 0.717) is 5.31 Å². The van der Waals surface area contributed by atoms with Crippen LogP contribution in [0.4, 0.5) is 5.95 Å². The Morgan fingerprint density at radius 2 is 1.67 bits per heavy atom. The molecule has 0 aliphatic rings. The molecule has 1 atom stereocenters. The Bertz CT molecular complexity index is 893. The van der Waals surface area contributed by atoms with Gasteiger partial charge in [0.15, 0.2) is 11.5 Å². The second kappa shape index (κ2) is 10.3. The Kier molecular flexibility index (Phi) is 8.08. The first-order valence-electron chi connectivity index (χ1n) is 9.38. The van der Waals surface area contributed by atoms with E-state index in [9.17, 15) is 9.67 Å². The van der Waals surface area contributed by atoms with Crippen LogP contribution in [0.3, 0.4) is 0 Å². The molecule has 0 fully saturated rings. The molecule has 0 saturated carbocycles. The standard InChI is InChI=1S/C20H28N3O6P/c1-13(2)10-18(14(3)4)30(25,29-23-20-21-8-7-9-22-20)28-15-11-16(26-5)19(24)17(12-15)27-6/h7-14,24H,1-6H3,(H,21,22,23)/b18-10+. The molecule has 1 aromatic carbocycles. The van der Waals surface area contributed by atoms with Gasteiger partial charge in [-0.05, 0) is 17.9 Å². The van der Waals surface area contributed by atoms with E-state index in [0.717, 1.165) is 0 Å². The lowest BCUT2D eigenvalue weighted by Gasteiger charge is -2.24. The lowest BCUT2D eigenvalue weighted by molar-refractivity contribution is 0.312. The summed E-state index contributed by atoms with van der Waals surface area (Å²) in [5, 5.41) is 10.6. The SMILES string of the molecule is COc1cc(OP(=O)(ONc2ncccn2)/C(=C/C(C)C)C(C)C)cc(OC)c1O. The highest BCUT2D eigenvalue weighted by Gasteiger charge is 2.36. The van der Waals surface area contributed by atoms with Gasteiger partial charge in [0.05, 0.1) is 19.5 Å². The quantitative estimate of drug-likeness (QED) is 0.391. The molecular weight excluding hydrogens is 409 g/mol. The third kappa shape index (κ3) is 5.87. The van der Waals surface area contributed by atoms with Gasteiger partial charge in [0.25, 0.3) is 0 Å². The van der Waals surface area contributed by atoms with Crippen molar-refractivity contribution in [1.29, 1.82) is 0 Å². The molecule has 0 radical (unpaired) electrons. The van der Waals surface area contributed by atoms with E-state index in [1.165, 1.54) is 38.7 Å². The second-order valence-corrected chi connectivity index (χ2v) is 8.90. The zero-order valence-corrected chi connectivity index (χ0v) is 18.8. The maximum Gasteiger partial charge on any atom is 0.427 e. The van der Waals surface area contributed by atoms with Gasteiger partial charge in [0.2, 0.25) is 11.7 Å². The number of rotatable bonds is 10. The predicted molar refractivity (Wildman–Crippen MR) is 114 cm³/mol. The second-order valence-electron chi connectivity index (χ2n) is 7.02. The van der Waals surface area contributed by atoms with Crippen LogP contribution in [0.25, 0.3) is 0 Å². The van der Waals surface area contributed by atoms with Gasteiger partial charge in [-0.1, -0.05) is 33.8 Å². The summed E-state index contributed by atoms with van der Waals surface area (Å²) in [4.78, 5) is 8.01. The normalized spacial score (nSPS) is 13.8. The van der Waals surface area contributed by atoms with E-state index < -0.39 is 7.60 Å². The molecule has 2 rings (SSSR count). The van der Waals surface area contributed by atoms with Crippen molar-refractivity contribution in [2.24, 2.45) is 11.8 Å². The molecule has 0 aliphatic carbocycles. The smallest absolute Gasteiger partial charge is 0.427 e. The van der Waals surface area contributed by atoms with E-state index in [1.807, 2.05) is 33.8 Å². The molecule has 0 aliphatic heterocycles. The van der Waals surface area contributed by atoms with Crippen LogP contribution in [-0.4, -0.2) is 29.3 Å². The van der Waals surface area contributed by atoms with E-state index in [4.69, 9.17) is 18.6 Å². The monoisotopic (exact) mass is 437 g/mol. The number of methoxy groups -OCH3 is 2. The lowest BCUT2D eigenvalue weighted by Crippen LogP contribution is -2.11. The van der Waals surface area contributed by atoms with Gasteiger partial charge in [-0.2, -0.15) is 4.62 Å². The number of anilines is 1. The predicted octanol–water partition coefficient (Wildman–Crippen LogP) is 5.01. The molecule has 2 aromatic rings. The molecule has 1 aromatic heterocycles. The van der Waals surface area contributed by atoms with Crippen LogP contribution in [-0.2, 0) is 9.19 Å². The van der Waals surface area contributed by atoms with Gasteiger partial charge < -0.3 is 19.1 Å². The average molecular weight is 437 g/mol. The first-order valence-corrected chi connectivity index (χ1v) is 10.9. The molecule has 0 amide bonds. The minimum Gasteiger partial charge on any atom is -0.502 e. The highest BCUT2D eigenvalue weighted by Crippen LogP contribution is 2.59. The van der Waals surface area contributed by atoms with Gasteiger partial charge in [0, 0.05) is 24.5 Å². The summed E-state index contributed by atoms with van der Waals surface area (Å²) >= 11 is 0. The lowest BCUT2D eigenvalue weighted by atomic mass is 10.1. The number of aromatic hydroxyl groups is 1. The van der Waals surface area contributed by atoms with Crippen molar-refractivity contribution in [3.63, 3.8) is 0 Å². The van der Waals surface area contributed by atoms with Crippen molar-refractivity contribution in [3.8, 4) is 23.0 Å². The fourth-order valence-electron chi connectivity index (χ4n) is 2.58. The van der Waals surface area contributed by atoms with Crippen LogP contribution in [0.15, 0.2) is 42.0 Å². The molecule has 2 N–H and O–H groups in total. The number of nitrogens with one attached hydrogen (secondary N) is 1. The molecule has 0 bridgehead atoms. The first kappa shape index (κ1) is 23.5. The molecule has 0 spiro atoms. The van der Waals surface area contributed by atoms with Crippen molar-refractivity contribution < 1.29 is 28.3 Å². The highest BCUT2D eigenvalue weighted by molar-refractivity contribution is 7.58. The van der Waals surface area contributed by atoms with Crippen molar-refractivity contribution >= 4 is 13.5 Å². The summed E-state index contributed by atoms with van der Waals surface area (Å²) in [6, 6.07) is 4.45. The van der Waals surface area contributed by atoms with E-state index >= 15 is 0 Å². The zero-order valence-electron chi connectivity index (χ0n) is 17.9. The molecule has 0 saturated heterocycles. The number of benzene rings is 1. The van der Waals surface area contributed by atoms with Gasteiger partial charge in [0.1, 0.15) is 5.75 Å². The number of aromatic nitrogens is 2. The third-order valence-corrected chi connectivity index (χ3v) is 5.99. The minimum atomic E-state index is -3.93. The summed E-state index contributed by atoms with van der Waals surface area (Å²) in [5.41, 5.74) is 2.52. The van der Waals surface area contributed by atoms with Gasteiger partial charge >= 0.3 is 7.60 Å². The Morgan fingerprint density at radius 3 is 2.13 bits per heavy atom. The zero-order chi connectivity index (χ0) is 22.3. The highest BCUT2D eigenvalue weighted by atomic mass is 31.2. The summed E-state index contributed by atoms with van der Waals surface area (Å²) in [7, 11) is -1.15. The Balaban J connectivity index is 2.49. The van der Waals surface area contributed by atoms with Crippen molar-refractivity contribution in [3.05, 3.63) is 42.0 Å². The molecule has 1 unspecified atom stereocenters. The van der Waals surface area contributed by atoms with E-state index in [1.54, 1.807) is 6.07 Å². The molecule has 164 valence electrons. The summed E-state index contributed by atoms with van der Waals surface area (Å²) < 4.78 is 35.7. The molecule has 10 heteroatoms. The van der Waals surface area contributed by atoms with Crippen molar-refractivity contribution in [2.75, 3.05) is 19.7 Å². The van der Waals surface area contributed by atoms with Crippen LogP contribution >= 0.6 is 7.60 Å². The van der Waals surface area contributed by atoms with Crippen molar-refractivity contribution in [2.45, 2.75) is 27.7 Å². The van der Waals surface area contributed by atoms with Crippen LogP contribution < -0.4 is 19.5 Å². The van der Waals surface area contributed by atoms with Crippen LogP contribution in [0, 0.1) is 11.8 Å². The molecule has 1 heterocycles. The number of hydrogen-bond donors (Lipinski definition) is 2. The Labute approximate surface area is 176 Å². The largest absolute Gasteiger partial charge is 0.502 e. The number of phenolic OH excluding ortho intramolecular Hbond substituents is 1. The van der Waals surface area contributed by atoms with Gasteiger partial charge in [-0.15, -0.1) is 0 Å². The summed E-state index contributed by atoms with van der Waals surface area (Å²) in [5.74, 6) is 0.243. The van der Waals surface area contributed by atoms with Crippen LogP contribution in [0.2, 0.25) is 0 Å². The van der Waals surface area contributed by atoms with Crippen molar-refractivity contribution in [1.82, 2.24) is 9.97 Å². The molecule has 9 nitrogen and oxygen atoms in total. The van der Waals surface area contributed by atoms with Crippen LogP contribution in [0.1, 0.15) is 27.7 Å². The molecular formula is C20H28N3O6P.